The lowest BCUT2D eigenvalue weighted by molar-refractivity contribution is -0.132. The number of anilines is 1. The number of halogens is 1. The Balaban J connectivity index is 1.98. The van der Waals surface area contributed by atoms with Crippen LogP contribution in [-0.4, -0.2) is 36.4 Å². The molecule has 0 unspecified atom stereocenters. The molecule has 0 saturated heterocycles. The number of rotatable bonds is 8. The Kier molecular flexibility index (Phi) is 7.06. The van der Waals surface area contributed by atoms with Gasteiger partial charge in [-0.25, -0.2) is 0 Å². The van der Waals surface area contributed by atoms with Crippen molar-refractivity contribution >= 4 is 29.1 Å². The molecule has 1 aromatic carbocycles. The second-order valence-corrected chi connectivity index (χ2v) is 5.87. The molecule has 2 amide bonds. The monoisotopic (exact) mass is 379 g/mol. The van der Waals surface area contributed by atoms with Gasteiger partial charge in [0.2, 0.25) is 0 Å². The summed E-state index contributed by atoms with van der Waals surface area (Å²) in [4.78, 5) is 25.8. The highest BCUT2D eigenvalue weighted by molar-refractivity contribution is 6.32. The largest absolute Gasteiger partial charge is 0.482 e. The highest BCUT2D eigenvalue weighted by Crippen LogP contribution is 2.28. The van der Waals surface area contributed by atoms with Gasteiger partial charge in [-0.1, -0.05) is 11.6 Å². The Labute approximate surface area is 157 Å². The van der Waals surface area contributed by atoms with Gasteiger partial charge in [-0.05, 0) is 38.1 Å². The van der Waals surface area contributed by atoms with Crippen LogP contribution < -0.4 is 15.8 Å². The summed E-state index contributed by atoms with van der Waals surface area (Å²) in [7, 11) is 0. The molecule has 0 fully saturated rings. The number of benzene rings is 1. The van der Waals surface area contributed by atoms with Crippen LogP contribution in [0.25, 0.3) is 0 Å². The molecular weight excluding hydrogens is 358 g/mol. The maximum atomic E-state index is 12.2. The van der Waals surface area contributed by atoms with Gasteiger partial charge in [0.05, 0.1) is 17.1 Å². The summed E-state index contributed by atoms with van der Waals surface area (Å²) in [5.41, 5.74) is 6.32. The zero-order chi connectivity index (χ0) is 19.1. The number of carbonyl (C=O) groups is 2. The minimum atomic E-state index is -0.338. The van der Waals surface area contributed by atoms with Crippen LogP contribution >= 0.6 is 11.6 Å². The number of nitrogens with two attached hydrogens (primary N) is 1. The first-order chi connectivity index (χ1) is 12.5. The smallest absolute Gasteiger partial charge is 0.260 e. The lowest BCUT2D eigenvalue weighted by Crippen LogP contribution is -2.34. The molecule has 0 aliphatic rings. The summed E-state index contributed by atoms with van der Waals surface area (Å²) < 4.78 is 10.6. The fraction of sp³-hybridized carbons (Fsp3) is 0.333. The van der Waals surface area contributed by atoms with Crippen molar-refractivity contribution in [3.63, 3.8) is 0 Å². The minimum Gasteiger partial charge on any atom is -0.482 e. The number of furan rings is 1. The van der Waals surface area contributed by atoms with Crippen LogP contribution in [0.15, 0.2) is 34.9 Å². The van der Waals surface area contributed by atoms with Crippen LogP contribution in [0.1, 0.15) is 30.0 Å². The Bertz CT molecular complexity index is 772. The van der Waals surface area contributed by atoms with Crippen LogP contribution in [0.3, 0.4) is 0 Å². The van der Waals surface area contributed by atoms with Crippen molar-refractivity contribution in [1.82, 2.24) is 4.90 Å². The van der Waals surface area contributed by atoms with E-state index in [1.54, 1.807) is 29.2 Å². The highest BCUT2D eigenvalue weighted by Gasteiger charge is 2.13. The number of nitrogens with zero attached hydrogens (tertiary/aromatic N) is 1. The molecule has 7 nitrogen and oxygen atoms in total. The summed E-state index contributed by atoms with van der Waals surface area (Å²) in [6.45, 7) is 5.18. The molecule has 0 atom stereocenters. The van der Waals surface area contributed by atoms with Gasteiger partial charge >= 0.3 is 0 Å². The van der Waals surface area contributed by atoms with Crippen molar-refractivity contribution in [1.29, 1.82) is 0 Å². The van der Waals surface area contributed by atoms with Crippen molar-refractivity contribution in [3.05, 3.63) is 46.9 Å². The Morgan fingerprint density at radius 3 is 2.58 bits per heavy atom. The van der Waals surface area contributed by atoms with Crippen LogP contribution in [-0.2, 0) is 11.3 Å². The first-order valence-electron chi connectivity index (χ1n) is 8.27. The summed E-state index contributed by atoms with van der Waals surface area (Å²) in [6.07, 6.45) is 1.34. The Morgan fingerprint density at radius 1 is 1.27 bits per heavy atom. The summed E-state index contributed by atoms with van der Waals surface area (Å²) >= 11 is 6.18. The average Bonchev–Trinajstić information content (AvgIpc) is 3.11. The first-order valence-corrected chi connectivity index (χ1v) is 8.65. The second-order valence-electron chi connectivity index (χ2n) is 5.46. The average molecular weight is 380 g/mol. The van der Waals surface area contributed by atoms with E-state index in [9.17, 15) is 9.59 Å². The molecule has 8 heteroatoms. The second kappa shape index (κ2) is 9.26. The summed E-state index contributed by atoms with van der Waals surface area (Å²) in [5, 5.41) is 3.01. The molecule has 0 aliphatic carbocycles. The van der Waals surface area contributed by atoms with E-state index in [0.717, 1.165) is 0 Å². The van der Waals surface area contributed by atoms with Crippen LogP contribution in [0.4, 0.5) is 5.69 Å². The standard InChI is InChI=1S/C18H22ClN3O4/c1-3-22(4-2)17(23)11-26-16-6-5-13(8-15(16)19)21-18(24)12-7-14(9-20)25-10-12/h5-8,10H,3-4,9,11,20H2,1-2H3,(H,21,24). The van der Waals surface area contributed by atoms with Crippen LogP contribution in [0, 0.1) is 0 Å². The quantitative estimate of drug-likeness (QED) is 0.734. The predicted octanol–water partition coefficient (Wildman–Crippen LogP) is 2.89. The van der Waals surface area contributed by atoms with Gasteiger partial charge in [-0.3, -0.25) is 9.59 Å². The van der Waals surface area contributed by atoms with Gasteiger partial charge in [0.1, 0.15) is 17.8 Å². The van der Waals surface area contributed by atoms with E-state index in [2.05, 4.69) is 5.32 Å². The fourth-order valence-electron chi connectivity index (χ4n) is 2.31. The number of amides is 2. The molecule has 0 bridgehead atoms. The maximum Gasteiger partial charge on any atom is 0.260 e. The highest BCUT2D eigenvalue weighted by atomic mass is 35.5. The van der Waals surface area contributed by atoms with Gasteiger partial charge in [-0.15, -0.1) is 0 Å². The van der Waals surface area contributed by atoms with Crippen molar-refractivity contribution in [3.8, 4) is 5.75 Å². The third kappa shape index (κ3) is 5.00. The molecule has 0 spiro atoms. The van der Waals surface area contributed by atoms with Crippen molar-refractivity contribution < 1.29 is 18.7 Å². The van der Waals surface area contributed by atoms with E-state index >= 15 is 0 Å². The van der Waals surface area contributed by atoms with Crippen molar-refractivity contribution in [2.24, 2.45) is 5.73 Å². The number of carbonyl (C=O) groups excluding carboxylic acids is 2. The molecule has 1 aromatic heterocycles. The van der Waals surface area contributed by atoms with E-state index in [1.807, 2.05) is 13.8 Å². The first kappa shape index (κ1) is 19.8. The zero-order valence-electron chi connectivity index (χ0n) is 14.8. The Hall–Kier alpha value is -2.51. The third-order valence-electron chi connectivity index (χ3n) is 3.77. The third-order valence-corrected chi connectivity index (χ3v) is 4.07. The summed E-state index contributed by atoms with van der Waals surface area (Å²) in [5.74, 6) is 0.447. The van der Waals surface area contributed by atoms with Crippen molar-refractivity contribution in [2.45, 2.75) is 20.4 Å². The number of nitrogens with one attached hydrogen (secondary N) is 1. The number of ether oxygens (including phenoxy) is 1. The van der Waals surface area contributed by atoms with Crippen LogP contribution in [0.5, 0.6) is 5.75 Å². The molecule has 0 radical (unpaired) electrons. The van der Waals surface area contributed by atoms with Crippen molar-refractivity contribution in [2.75, 3.05) is 25.0 Å². The van der Waals surface area contributed by atoms with Gasteiger partial charge < -0.3 is 25.1 Å². The Morgan fingerprint density at radius 2 is 2.00 bits per heavy atom. The van der Waals surface area contributed by atoms with Gasteiger partial charge in [0.15, 0.2) is 6.61 Å². The van der Waals surface area contributed by atoms with Gasteiger partial charge in [-0.2, -0.15) is 0 Å². The van der Waals surface area contributed by atoms with Gasteiger partial charge in [0.25, 0.3) is 11.8 Å². The molecule has 0 saturated carbocycles. The van der Waals surface area contributed by atoms with E-state index in [4.69, 9.17) is 26.5 Å². The summed E-state index contributed by atoms with van der Waals surface area (Å²) in [6, 6.07) is 6.38. The number of likely N-dealkylation sites (N-methyl/N-ethyl adjacent to an activating group) is 1. The predicted molar refractivity (Wildman–Crippen MR) is 99.4 cm³/mol. The van der Waals surface area contributed by atoms with Crippen LogP contribution in [0.2, 0.25) is 5.02 Å². The number of hydrogen-bond acceptors (Lipinski definition) is 5. The lowest BCUT2D eigenvalue weighted by Gasteiger charge is -2.19. The molecule has 26 heavy (non-hydrogen) atoms. The topological polar surface area (TPSA) is 97.8 Å². The molecule has 2 aromatic rings. The normalized spacial score (nSPS) is 10.5. The van der Waals surface area contributed by atoms with E-state index in [1.165, 1.54) is 6.26 Å². The molecular formula is C18H22ClN3O4. The zero-order valence-corrected chi connectivity index (χ0v) is 15.5. The van der Waals surface area contributed by atoms with E-state index in [-0.39, 0.29) is 25.0 Å². The minimum absolute atomic E-state index is 0.0933. The van der Waals surface area contributed by atoms with E-state index < -0.39 is 0 Å². The SMILES string of the molecule is CCN(CC)C(=O)COc1ccc(NC(=O)c2coc(CN)c2)cc1Cl. The molecule has 3 N–H and O–H groups in total. The lowest BCUT2D eigenvalue weighted by atomic mass is 10.2. The maximum absolute atomic E-state index is 12.2. The molecule has 140 valence electrons. The molecule has 2 rings (SSSR count). The van der Waals surface area contributed by atoms with E-state index in [0.29, 0.717) is 40.9 Å². The molecule has 1 heterocycles. The number of hydrogen-bond donors (Lipinski definition) is 2. The fourth-order valence-corrected chi connectivity index (χ4v) is 2.55. The molecule has 0 aliphatic heterocycles. The van der Waals surface area contributed by atoms with Gasteiger partial charge in [0, 0.05) is 18.8 Å².